The maximum Gasteiger partial charge on any atom is 0.263 e. The van der Waals surface area contributed by atoms with Crippen molar-refractivity contribution in [2.24, 2.45) is 5.92 Å². The summed E-state index contributed by atoms with van der Waals surface area (Å²) in [5.74, 6) is 1.72. The van der Waals surface area contributed by atoms with Gasteiger partial charge in [0.2, 0.25) is 5.91 Å². The molecule has 1 unspecified atom stereocenters. The molecule has 3 heterocycles. The van der Waals surface area contributed by atoms with Crippen molar-refractivity contribution >= 4 is 22.8 Å². The zero-order chi connectivity index (χ0) is 24.9. The number of aromatic nitrogens is 3. The van der Waals surface area contributed by atoms with E-state index in [0.717, 1.165) is 61.3 Å². The number of nitrogens with zero attached hydrogens (tertiary/aromatic N) is 4. The van der Waals surface area contributed by atoms with Crippen LogP contribution in [0, 0.1) is 5.92 Å². The molecule has 5 rings (SSSR count). The van der Waals surface area contributed by atoms with Gasteiger partial charge in [0.1, 0.15) is 29.0 Å². The van der Waals surface area contributed by atoms with Crippen LogP contribution in [-0.2, 0) is 11.2 Å². The monoisotopic (exact) mass is 485 g/mol. The van der Waals surface area contributed by atoms with E-state index >= 15 is 0 Å². The lowest BCUT2D eigenvalue weighted by Gasteiger charge is -2.32. The molecule has 2 aromatic heterocycles. The van der Waals surface area contributed by atoms with E-state index in [1.54, 1.807) is 7.11 Å². The van der Waals surface area contributed by atoms with Crippen LogP contribution in [0.25, 0.3) is 22.4 Å². The highest BCUT2D eigenvalue weighted by molar-refractivity contribution is 5.98. The van der Waals surface area contributed by atoms with Crippen molar-refractivity contribution in [1.82, 2.24) is 20.4 Å². The van der Waals surface area contributed by atoms with Gasteiger partial charge in [0.25, 0.3) is 5.71 Å². The van der Waals surface area contributed by atoms with E-state index in [0.29, 0.717) is 11.4 Å². The molecule has 8 nitrogen and oxygen atoms in total. The maximum atomic E-state index is 12.9. The number of carbonyl (C=O) groups is 1. The van der Waals surface area contributed by atoms with Crippen LogP contribution in [0.4, 0.5) is 5.82 Å². The minimum absolute atomic E-state index is 0.00119. The van der Waals surface area contributed by atoms with E-state index in [9.17, 15) is 4.79 Å². The van der Waals surface area contributed by atoms with Gasteiger partial charge in [0, 0.05) is 30.6 Å². The fourth-order valence-electron chi connectivity index (χ4n) is 4.77. The smallest absolute Gasteiger partial charge is 0.263 e. The van der Waals surface area contributed by atoms with Crippen molar-refractivity contribution in [3.05, 3.63) is 66.5 Å². The standard InChI is InChI=1S/C28H31N5O3/c1-19(8-9-20-6-4-3-5-7-20)31-27(34)22-14-16-33(17-15-22)26-24-25(32-36-28(24)30-18-29-26)21-10-12-23(35-2)13-11-21/h3-7,10-13,18-19,22H,8-9,14-17H2,1-2H3,(H,31,34). The molecule has 186 valence electrons. The molecule has 1 aliphatic rings. The zero-order valence-corrected chi connectivity index (χ0v) is 20.7. The first-order valence-corrected chi connectivity index (χ1v) is 12.5. The van der Waals surface area contributed by atoms with Gasteiger partial charge in [0.05, 0.1) is 7.11 Å². The summed E-state index contributed by atoms with van der Waals surface area (Å²) in [6.07, 6.45) is 4.93. The van der Waals surface area contributed by atoms with E-state index in [2.05, 4.69) is 56.5 Å². The molecule has 4 aromatic rings. The average molecular weight is 486 g/mol. The Bertz CT molecular complexity index is 1300. The first-order valence-electron chi connectivity index (χ1n) is 12.5. The summed E-state index contributed by atoms with van der Waals surface area (Å²) in [5, 5.41) is 8.30. The van der Waals surface area contributed by atoms with Crippen LogP contribution in [-0.4, -0.2) is 47.3 Å². The highest BCUT2D eigenvalue weighted by atomic mass is 16.5. The number of carbonyl (C=O) groups excluding carboxylic acids is 1. The summed E-state index contributed by atoms with van der Waals surface area (Å²) < 4.78 is 10.8. The molecule has 36 heavy (non-hydrogen) atoms. The Morgan fingerprint density at radius 1 is 1.11 bits per heavy atom. The number of piperidine rings is 1. The van der Waals surface area contributed by atoms with Crippen molar-refractivity contribution in [3.8, 4) is 17.0 Å². The summed E-state index contributed by atoms with van der Waals surface area (Å²) in [6, 6.07) is 18.2. The number of ether oxygens (including phenoxy) is 1. The molecular formula is C28H31N5O3. The molecule has 0 saturated carbocycles. The number of amides is 1. The van der Waals surface area contributed by atoms with Crippen molar-refractivity contribution < 1.29 is 14.1 Å². The number of anilines is 1. The normalized spacial score (nSPS) is 15.1. The van der Waals surface area contributed by atoms with Crippen molar-refractivity contribution in [1.29, 1.82) is 0 Å². The number of hydrogen-bond acceptors (Lipinski definition) is 7. The van der Waals surface area contributed by atoms with Crippen LogP contribution >= 0.6 is 0 Å². The van der Waals surface area contributed by atoms with Crippen molar-refractivity contribution in [2.75, 3.05) is 25.1 Å². The minimum atomic E-state index is 0.00119. The SMILES string of the molecule is COc1ccc(-c2noc3ncnc(N4CCC(C(=O)NC(C)CCc5ccccc5)CC4)c23)cc1. The van der Waals surface area contributed by atoms with Gasteiger partial charge >= 0.3 is 0 Å². The number of methoxy groups -OCH3 is 1. The van der Waals surface area contributed by atoms with Gasteiger partial charge in [-0.25, -0.2) is 4.98 Å². The van der Waals surface area contributed by atoms with Crippen LogP contribution in [0.1, 0.15) is 31.7 Å². The highest BCUT2D eigenvalue weighted by Gasteiger charge is 2.29. The first-order chi connectivity index (χ1) is 17.6. The van der Waals surface area contributed by atoms with E-state index in [4.69, 9.17) is 9.26 Å². The summed E-state index contributed by atoms with van der Waals surface area (Å²) in [6.45, 7) is 3.55. The van der Waals surface area contributed by atoms with Gasteiger partial charge in [-0.1, -0.05) is 35.5 Å². The fourth-order valence-corrected chi connectivity index (χ4v) is 4.77. The Kier molecular flexibility index (Phi) is 7.11. The summed E-state index contributed by atoms with van der Waals surface area (Å²) in [5.41, 5.74) is 3.36. The predicted molar refractivity (Wildman–Crippen MR) is 139 cm³/mol. The topological polar surface area (TPSA) is 93.4 Å². The average Bonchev–Trinajstić information content (AvgIpc) is 3.37. The summed E-state index contributed by atoms with van der Waals surface area (Å²) in [4.78, 5) is 24.0. The Balaban J connectivity index is 1.23. The van der Waals surface area contributed by atoms with E-state index in [-0.39, 0.29) is 17.9 Å². The van der Waals surface area contributed by atoms with Gasteiger partial charge in [-0.2, -0.15) is 4.98 Å². The number of benzene rings is 2. The molecule has 1 N–H and O–H groups in total. The van der Waals surface area contributed by atoms with Crippen LogP contribution in [0.5, 0.6) is 5.75 Å². The van der Waals surface area contributed by atoms with Crippen LogP contribution in [0.15, 0.2) is 65.4 Å². The van der Waals surface area contributed by atoms with Crippen LogP contribution in [0.3, 0.4) is 0 Å². The molecule has 1 aliphatic heterocycles. The Morgan fingerprint density at radius 2 is 1.86 bits per heavy atom. The molecule has 0 aliphatic carbocycles. The van der Waals surface area contributed by atoms with Gasteiger partial charge in [-0.05, 0) is 62.4 Å². The first kappa shape index (κ1) is 23.8. The third-order valence-corrected chi connectivity index (χ3v) is 6.88. The second-order valence-corrected chi connectivity index (χ2v) is 9.33. The molecule has 0 spiro atoms. The number of fused-ring (bicyclic) bond motifs is 1. The van der Waals surface area contributed by atoms with E-state index in [1.807, 2.05) is 30.3 Å². The number of hydrogen-bond donors (Lipinski definition) is 1. The molecule has 1 atom stereocenters. The minimum Gasteiger partial charge on any atom is -0.497 e. The predicted octanol–water partition coefficient (Wildman–Crippen LogP) is 4.65. The summed E-state index contributed by atoms with van der Waals surface area (Å²) in [7, 11) is 1.64. The van der Waals surface area contributed by atoms with Crippen LogP contribution in [0.2, 0.25) is 0 Å². The second kappa shape index (κ2) is 10.8. The molecule has 8 heteroatoms. The Hall–Kier alpha value is -3.94. The highest BCUT2D eigenvalue weighted by Crippen LogP contribution is 2.35. The van der Waals surface area contributed by atoms with Gasteiger partial charge in [0.15, 0.2) is 0 Å². The lowest BCUT2D eigenvalue weighted by molar-refractivity contribution is -0.126. The van der Waals surface area contributed by atoms with Gasteiger partial charge < -0.3 is 19.5 Å². The van der Waals surface area contributed by atoms with Crippen LogP contribution < -0.4 is 15.0 Å². The fraction of sp³-hybridized carbons (Fsp3) is 0.357. The third-order valence-electron chi connectivity index (χ3n) is 6.88. The van der Waals surface area contributed by atoms with Crippen molar-refractivity contribution in [3.63, 3.8) is 0 Å². The Labute approximate surface area is 210 Å². The molecule has 1 saturated heterocycles. The zero-order valence-electron chi connectivity index (χ0n) is 20.7. The van der Waals surface area contributed by atoms with Gasteiger partial charge in [-0.3, -0.25) is 4.79 Å². The molecule has 2 aromatic carbocycles. The summed E-state index contributed by atoms with van der Waals surface area (Å²) >= 11 is 0. The number of nitrogens with one attached hydrogen (secondary N) is 1. The van der Waals surface area contributed by atoms with Crippen molar-refractivity contribution in [2.45, 2.75) is 38.6 Å². The lowest BCUT2D eigenvalue weighted by atomic mass is 9.95. The van der Waals surface area contributed by atoms with E-state index in [1.165, 1.54) is 11.9 Å². The number of aryl methyl sites for hydroxylation is 1. The van der Waals surface area contributed by atoms with Gasteiger partial charge in [-0.15, -0.1) is 0 Å². The van der Waals surface area contributed by atoms with E-state index < -0.39 is 0 Å². The molecule has 1 fully saturated rings. The lowest BCUT2D eigenvalue weighted by Crippen LogP contribution is -2.43. The molecular weight excluding hydrogens is 454 g/mol. The third kappa shape index (κ3) is 5.17. The largest absolute Gasteiger partial charge is 0.497 e. The quantitative estimate of drug-likeness (QED) is 0.388. The second-order valence-electron chi connectivity index (χ2n) is 9.33. The molecule has 0 radical (unpaired) electrons. The molecule has 0 bridgehead atoms. The maximum absolute atomic E-state index is 12.9. The Morgan fingerprint density at radius 3 is 2.58 bits per heavy atom. The number of rotatable bonds is 8. The molecule has 1 amide bonds.